The third-order valence-electron chi connectivity index (χ3n) is 6.19. The normalized spacial score (nSPS) is 12.0. The number of aliphatic hydroxyl groups is 1. The van der Waals surface area contributed by atoms with Crippen LogP contribution in [0, 0.1) is 0 Å². The van der Waals surface area contributed by atoms with Gasteiger partial charge in [0, 0.05) is 12.2 Å². The van der Waals surface area contributed by atoms with Gasteiger partial charge in [0.15, 0.2) is 0 Å². The smallest absolute Gasteiger partial charge is 0.491 e. The Bertz CT molecular complexity index is 1460. The Morgan fingerprint density at radius 3 is 1.65 bits per heavy atom. The zero-order valence-corrected chi connectivity index (χ0v) is 31.3. The lowest BCUT2D eigenvalue weighted by Crippen LogP contribution is -2.43. The molecule has 1 atom stereocenters. The maximum absolute atomic E-state index is 12.8. The second-order valence-electron chi connectivity index (χ2n) is 14.7. The molecule has 0 fully saturated rings. The first kappa shape index (κ1) is 42.2. The van der Waals surface area contributed by atoms with Gasteiger partial charge in [0.2, 0.25) is 0 Å². The van der Waals surface area contributed by atoms with Crippen LogP contribution in [0.5, 0.6) is 11.5 Å². The van der Waals surface area contributed by atoms with E-state index in [-0.39, 0.29) is 13.2 Å². The third-order valence-corrected chi connectivity index (χ3v) is 6.19. The van der Waals surface area contributed by atoms with Gasteiger partial charge in [0.1, 0.15) is 47.6 Å². The Morgan fingerprint density at radius 1 is 0.667 bits per heavy atom. The van der Waals surface area contributed by atoms with Crippen LogP contribution in [0.3, 0.4) is 0 Å². The lowest BCUT2D eigenvalue weighted by molar-refractivity contribution is -0.0294. The van der Waals surface area contributed by atoms with Crippen LogP contribution in [0.2, 0.25) is 0 Å². The number of amides is 1. The molecule has 0 saturated carbocycles. The highest BCUT2D eigenvalue weighted by Crippen LogP contribution is 2.20. The third kappa shape index (κ3) is 19.7. The van der Waals surface area contributed by atoms with Crippen LogP contribution >= 0.6 is 0 Å². The van der Waals surface area contributed by atoms with Crippen molar-refractivity contribution < 1.29 is 47.9 Å². The number of nitrogens with two attached hydrogens (primary N) is 1. The van der Waals surface area contributed by atoms with Crippen LogP contribution in [0.4, 0.5) is 20.1 Å². The fourth-order valence-electron chi connectivity index (χ4n) is 4.01. The van der Waals surface area contributed by atoms with Gasteiger partial charge in [-0.15, -0.1) is 0 Å². The largest absolute Gasteiger partial charge is 0.519 e. The summed E-state index contributed by atoms with van der Waals surface area (Å²) in [6.45, 7) is 16.5. The summed E-state index contributed by atoms with van der Waals surface area (Å²) in [4.78, 5) is 36.3. The predicted molar refractivity (Wildman–Crippen MR) is 195 cm³/mol. The number of aliphatic hydroxyl groups excluding tert-OH is 1. The van der Waals surface area contributed by atoms with Crippen molar-refractivity contribution in [2.24, 2.45) is 0 Å². The average molecular weight is 711 g/mol. The number of carbonyl (C=O) groups is 3. The van der Waals surface area contributed by atoms with Gasteiger partial charge in [0.05, 0.1) is 6.54 Å². The summed E-state index contributed by atoms with van der Waals surface area (Å²) >= 11 is 0. The number of hydrogen-bond acceptors (Lipinski definition) is 11. The van der Waals surface area contributed by atoms with Crippen LogP contribution < -0.4 is 15.2 Å². The van der Waals surface area contributed by atoms with E-state index in [1.807, 2.05) is 87.5 Å². The summed E-state index contributed by atoms with van der Waals surface area (Å²) < 4.78 is 30.9. The molecule has 3 aromatic rings. The Morgan fingerprint density at radius 2 is 1.16 bits per heavy atom. The minimum atomic E-state index is -1.06. The standard InChI is InChI=1S/C29H36N2O5.C10H18O5/c1-29(2,3)36-28(33)31(18-17-22-9-11-24(30)12-10-22)19-25(32)21-35-27-15-13-26(14-16-27)34-20-23-7-5-4-6-8-23;1-9(2,3)14-7(11)13-8(12)15-10(4,5)6/h4-16,25,32H,17-21,30H2,1-3H3;1-6H3/t25-;/m0./s1. The van der Waals surface area contributed by atoms with Crippen LogP contribution in [0.1, 0.15) is 73.4 Å². The Hall–Kier alpha value is -4.97. The molecule has 0 aromatic heterocycles. The highest BCUT2D eigenvalue weighted by Gasteiger charge is 2.25. The SMILES string of the molecule is CC(C)(C)OC(=O)N(CCc1ccc(N)cc1)C[C@H](O)COc1ccc(OCc2ccccc2)cc1.CC(C)(C)OC(=O)OC(=O)OC(C)(C)C. The Balaban J connectivity index is 0.000000507. The summed E-state index contributed by atoms with van der Waals surface area (Å²) in [6, 6.07) is 24.7. The number of hydrogen-bond donors (Lipinski definition) is 2. The molecule has 12 heteroatoms. The van der Waals surface area contributed by atoms with Crippen molar-refractivity contribution in [2.75, 3.05) is 25.4 Å². The van der Waals surface area contributed by atoms with Crippen LogP contribution in [-0.4, -0.2) is 71.0 Å². The molecule has 3 aromatic carbocycles. The maximum atomic E-state index is 12.8. The first-order valence-corrected chi connectivity index (χ1v) is 16.7. The van der Waals surface area contributed by atoms with Crippen molar-refractivity contribution >= 4 is 24.1 Å². The van der Waals surface area contributed by atoms with Crippen LogP contribution in [0.25, 0.3) is 0 Å². The predicted octanol–water partition coefficient (Wildman–Crippen LogP) is 7.94. The van der Waals surface area contributed by atoms with E-state index in [9.17, 15) is 19.5 Å². The van der Waals surface area contributed by atoms with E-state index < -0.39 is 41.3 Å². The van der Waals surface area contributed by atoms with Crippen LogP contribution in [-0.2, 0) is 32.0 Å². The minimum Gasteiger partial charge on any atom is -0.491 e. The van der Waals surface area contributed by atoms with E-state index in [0.29, 0.717) is 31.0 Å². The summed E-state index contributed by atoms with van der Waals surface area (Å²) in [7, 11) is 0. The summed E-state index contributed by atoms with van der Waals surface area (Å²) in [5, 5.41) is 10.6. The van der Waals surface area contributed by atoms with Gasteiger partial charge < -0.3 is 44.2 Å². The second kappa shape index (κ2) is 19.4. The van der Waals surface area contributed by atoms with Gasteiger partial charge in [-0.05, 0) is 116 Å². The Labute approximate surface area is 301 Å². The fourth-order valence-corrected chi connectivity index (χ4v) is 4.01. The highest BCUT2D eigenvalue weighted by molar-refractivity contribution is 5.77. The molecule has 0 spiro atoms. The van der Waals surface area contributed by atoms with Crippen molar-refractivity contribution in [2.45, 2.75) is 98.2 Å². The van der Waals surface area contributed by atoms with Crippen molar-refractivity contribution in [1.29, 1.82) is 0 Å². The molecular formula is C39H54N2O10. The fraction of sp³-hybridized carbons (Fsp3) is 0.462. The first-order chi connectivity index (χ1) is 23.7. The molecule has 280 valence electrons. The number of nitrogens with zero attached hydrogens (tertiary/aromatic N) is 1. The van der Waals surface area contributed by atoms with Gasteiger partial charge >= 0.3 is 18.4 Å². The molecule has 0 aliphatic rings. The highest BCUT2D eigenvalue weighted by atomic mass is 16.8. The number of carbonyl (C=O) groups excluding carboxylic acids is 3. The quantitative estimate of drug-likeness (QED) is 0.0862. The number of ether oxygens (including phenoxy) is 6. The van der Waals surface area contributed by atoms with Crippen molar-refractivity contribution in [3.8, 4) is 11.5 Å². The molecule has 0 heterocycles. The monoisotopic (exact) mass is 710 g/mol. The van der Waals surface area contributed by atoms with E-state index in [0.717, 1.165) is 16.9 Å². The molecule has 0 aliphatic carbocycles. The molecule has 0 saturated heterocycles. The minimum absolute atomic E-state index is 0.0331. The maximum Gasteiger partial charge on any atom is 0.519 e. The Kier molecular flexibility index (Phi) is 16.1. The van der Waals surface area contributed by atoms with Gasteiger partial charge in [-0.3, -0.25) is 0 Å². The van der Waals surface area contributed by atoms with Crippen molar-refractivity contribution in [3.05, 3.63) is 90.0 Å². The second-order valence-corrected chi connectivity index (χ2v) is 14.7. The molecule has 0 unspecified atom stereocenters. The number of nitrogen functional groups attached to an aromatic ring is 1. The zero-order valence-electron chi connectivity index (χ0n) is 31.3. The van der Waals surface area contributed by atoms with Crippen molar-refractivity contribution in [1.82, 2.24) is 4.90 Å². The summed E-state index contributed by atoms with van der Waals surface area (Å²) in [5.74, 6) is 1.33. The first-order valence-electron chi connectivity index (χ1n) is 16.7. The molecule has 51 heavy (non-hydrogen) atoms. The number of benzene rings is 3. The number of rotatable bonds is 11. The van der Waals surface area contributed by atoms with E-state index >= 15 is 0 Å². The molecule has 0 bridgehead atoms. The zero-order chi connectivity index (χ0) is 38.2. The molecule has 1 amide bonds. The van der Waals surface area contributed by atoms with Crippen LogP contribution in [0.15, 0.2) is 78.9 Å². The van der Waals surface area contributed by atoms with Gasteiger partial charge in [-0.2, -0.15) is 0 Å². The molecule has 12 nitrogen and oxygen atoms in total. The summed E-state index contributed by atoms with van der Waals surface area (Å²) in [6.07, 6.45) is -2.87. The van der Waals surface area contributed by atoms with E-state index in [4.69, 9.17) is 29.4 Å². The molecule has 3 N–H and O–H groups in total. The topological polar surface area (TPSA) is 156 Å². The average Bonchev–Trinajstić information content (AvgIpc) is 3.00. The van der Waals surface area contributed by atoms with Gasteiger partial charge in [0.25, 0.3) is 0 Å². The van der Waals surface area contributed by atoms with E-state index in [1.54, 1.807) is 53.7 Å². The van der Waals surface area contributed by atoms with E-state index in [2.05, 4.69) is 4.74 Å². The van der Waals surface area contributed by atoms with Crippen molar-refractivity contribution in [3.63, 3.8) is 0 Å². The number of anilines is 1. The van der Waals surface area contributed by atoms with Gasteiger partial charge in [-0.1, -0.05) is 42.5 Å². The lowest BCUT2D eigenvalue weighted by atomic mass is 10.1. The van der Waals surface area contributed by atoms with E-state index in [1.165, 1.54) is 4.90 Å². The summed E-state index contributed by atoms with van der Waals surface area (Å²) in [5.41, 5.74) is 6.54. The molecular weight excluding hydrogens is 656 g/mol. The molecule has 0 aliphatic heterocycles. The van der Waals surface area contributed by atoms with Gasteiger partial charge in [-0.25, -0.2) is 14.4 Å². The lowest BCUT2D eigenvalue weighted by Gasteiger charge is -2.29. The molecule has 0 radical (unpaired) electrons. The molecule has 3 rings (SSSR count).